The van der Waals surface area contributed by atoms with Crippen molar-refractivity contribution in [1.82, 2.24) is 4.57 Å². The van der Waals surface area contributed by atoms with Crippen molar-refractivity contribution in [1.29, 1.82) is 0 Å². The van der Waals surface area contributed by atoms with E-state index in [-0.39, 0.29) is 0 Å². The van der Waals surface area contributed by atoms with E-state index in [4.69, 9.17) is 0 Å². The smallest absolute Gasteiger partial charge is 0.0630 e. The first kappa shape index (κ1) is 11.7. The third-order valence-corrected chi connectivity index (χ3v) is 6.14. The third kappa shape index (κ3) is 1.43. The van der Waals surface area contributed by atoms with Gasteiger partial charge in [0.25, 0.3) is 0 Å². The van der Waals surface area contributed by atoms with Crippen LogP contribution in [0.4, 0.5) is 0 Å². The minimum Gasteiger partial charge on any atom is -0.343 e. The molecule has 2 unspecified atom stereocenters. The Hall–Kier alpha value is -1.93. The van der Waals surface area contributed by atoms with Crippen LogP contribution >= 0.6 is 11.8 Å². The van der Waals surface area contributed by atoms with Gasteiger partial charge in [-0.25, -0.2) is 0 Å². The number of para-hydroxylation sites is 1. The number of aromatic nitrogens is 1. The highest BCUT2D eigenvalue weighted by atomic mass is 32.2. The predicted octanol–water partition coefficient (Wildman–Crippen LogP) is 5.02. The SMILES string of the molecule is Cn1c2ccccc2c2ccc3c(c21)SC1C=CC=CC31. The molecule has 2 heteroatoms. The van der Waals surface area contributed by atoms with Gasteiger partial charge in [0.05, 0.1) is 5.52 Å². The predicted molar refractivity (Wildman–Crippen MR) is 91.1 cm³/mol. The molecule has 0 saturated heterocycles. The van der Waals surface area contributed by atoms with Gasteiger partial charge in [-0.15, -0.1) is 11.8 Å². The number of hydrogen-bond acceptors (Lipinski definition) is 1. The minimum atomic E-state index is 0.539. The Bertz CT molecular complexity index is 945. The van der Waals surface area contributed by atoms with E-state index < -0.39 is 0 Å². The van der Waals surface area contributed by atoms with Crippen LogP contribution in [0.2, 0.25) is 0 Å². The van der Waals surface area contributed by atoms with Crippen LogP contribution in [0.1, 0.15) is 11.5 Å². The molecular formula is C19H15NS. The van der Waals surface area contributed by atoms with Crippen molar-refractivity contribution in [3.05, 3.63) is 66.3 Å². The summed E-state index contributed by atoms with van der Waals surface area (Å²) in [5, 5.41) is 3.30. The van der Waals surface area contributed by atoms with E-state index in [1.165, 1.54) is 32.3 Å². The largest absolute Gasteiger partial charge is 0.343 e. The molecule has 2 aliphatic rings. The molecule has 3 aromatic rings. The molecule has 0 N–H and O–H groups in total. The van der Waals surface area contributed by atoms with Crippen LogP contribution in [0.15, 0.2) is 65.6 Å². The van der Waals surface area contributed by atoms with Crippen LogP contribution in [0.5, 0.6) is 0 Å². The summed E-state index contributed by atoms with van der Waals surface area (Å²) in [6.45, 7) is 0. The molecule has 0 fully saturated rings. The van der Waals surface area contributed by atoms with Crippen LogP contribution in [0.25, 0.3) is 21.8 Å². The molecule has 1 aliphatic carbocycles. The fourth-order valence-corrected chi connectivity index (χ4v) is 5.28. The highest BCUT2D eigenvalue weighted by molar-refractivity contribution is 8.00. The number of hydrogen-bond donors (Lipinski definition) is 0. The van der Waals surface area contributed by atoms with Crippen LogP contribution in [0.3, 0.4) is 0 Å². The molecule has 0 spiro atoms. The highest BCUT2D eigenvalue weighted by Gasteiger charge is 2.33. The van der Waals surface area contributed by atoms with E-state index in [1.54, 1.807) is 0 Å². The van der Waals surface area contributed by atoms with Crippen LogP contribution in [-0.4, -0.2) is 9.82 Å². The lowest BCUT2D eigenvalue weighted by Crippen LogP contribution is -2.06. The second kappa shape index (κ2) is 4.05. The molecule has 21 heavy (non-hydrogen) atoms. The first-order valence-electron chi connectivity index (χ1n) is 7.36. The Balaban J connectivity index is 1.90. The quantitative estimate of drug-likeness (QED) is 0.563. The molecule has 1 aliphatic heterocycles. The number of nitrogens with zero attached hydrogens (tertiary/aromatic N) is 1. The second-order valence-corrected chi connectivity index (χ2v) is 7.02. The average Bonchev–Trinajstić information content (AvgIpc) is 3.04. The van der Waals surface area contributed by atoms with Crippen molar-refractivity contribution < 1.29 is 0 Å². The van der Waals surface area contributed by atoms with E-state index in [0.29, 0.717) is 11.2 Å². The van der Waals surface area contributed by atoms with Crippen molar-refractivity contribution in [2.24, 2.45) is 7.05 Å². The van der Waals surface area contributed by atoms with Crippen LogP contribution < -0.4 is 0 Å². The lowest BCUT2D eigenvalue weighted by molar-refractivity contribution is 0.880. The summed E-state index contributed by atoms with van der Waals surface area (Å²) < 4.78 is 2.36. The summed E-state index contributed by atoms with van der Waals surface area (Å²) in [6.07, 6.45) is 9.04. The molecule has 2 atom stereocenters. The van der Waals surface area contributed by atoms with E-state index >= 15 is 0 Å². The number of benzene rings is 2. The van der Waals surface area contributed by atoms with Crippen molar-refractivity contribution in [3.63, 3.8) is 0 Å². The lowest BCUT2D eigenvalue weighted by Gasteiger charge is -2.14. The van der Waals surface area contributed by atoms with Gasteiger partial charge in [-0.3, -0.25) is 0 Å². The first-order chi connectivity index (χ1) is 10.3. The number of aryl methyl sites for hydroxylation is 1. The monoisotopic (exact) mass is 289 g/mol. The van der Waals surface area contributed by atoms with Gasteiger partial charge in [0.1, 0.15) is 0 Å². The molecule has 0 radical (unpaired) electrons. The molecule has 0 saturated carbocycles. The molecule has 2 aromatic carbocycles. The molecule has 1 nitrogen and oxygen atoms in total. The molecule has 5 rings (SSSR count). The topological polar surface area (TPSA) is 4.93 Å². The number of allylic oxidation sites excluding steroid dienone is 3. The third-order valence-electron chi connectivity index (χ3n) is 4.75. The van der Waals surface area contributed by atoms with Gasteiger partial charge < -0.3 is 4.57 Å². The zero-order valence-electron chi connectivity index (χ0n) is 11.8. The van der Waals surface area contributed by atoms with Gasteiger partial charge in [0, 0.05) is 39.4 Å². The maximum absolute atomic E-state index is 2.36. The second-order valence-electron chi connectivity index (χ2n) is 5.83. The number of fused-ring (bicyclic) bond motifs is 7. The lowest BCUT2D eigenvalue weighted by atomic mass is 9.92. The number of thioether (sulfide) groups is 1. The van der Waals surface area contributed by atoms with Gasteiger partial charge in [-0.1, -0.05) is 54.6 Å². The van der Waals surface area contributed by atoms with Crippen LogP contribution in [0, 0.1) is 0 Å². The standard InChI is InChI=1S/C19H15NS/c1-20-16-8-4-2-6-12(16)14-10-11-15-13-7-3-5-9-17(13)21-19(15)18(14)20/h2-11,13,17H,1H3. The van der Waals surface area contributed by atoms with E-state index in [2.05, 4.69) is 72.3 Å². The fourth-order valence-electron chi connectivity index (χ4n) is 3.75. The van der Waals surface area contributed by atoms with Gasteiger partial charge >= 0.3 is 0 Å². The summed E-state index contributed by atoms with van der Waals surface area (Å²) >= 11 is 2.02. The Labute approximate surface area is 128 Å². The van der Waals surface area contributed by atoms with Crippen molar-refractivity contribution in [2.45, 2.75) is 16.1 Å². The number of rotatable bonds is 0. The zero-order chi connectivity index (χ0) is 14.0. The molecule has 0 bridgehead atoms. The summed E-state index contributed by atoms with van der Waals surface area (Å²) in [4.78, 5) is 1.47. The van der Waals surface area contributed by atoms with Gasteiger partial charge in [0.15, 0.2) is 0 Å². The Morgan fingerprint density at radius 1 is 0.952 bits per heavy atom. The maximum atomic E-state index is 2.36. The highest BCUT2D eigenvalue weighted by Crippen LogP contribution is 2.51. The first-order valence-corrected chi connectivity index (χ1v) is 8.24. The van der Waals surface area contributed by atoms with Crippen LogP contribution in [-0.2, 0) is 7.05 Å². The zero-order valence-corrected chi connectivity index (χ0v) is 12.6. The Morgan fingerprint density at radius 2 is 1.81 bits per heavy atom. The van der Waals surface area contributed by atoms with E-state index in [1.807, 2.05) is 11.8 Å². The summed E-state index contributed by atoms with van der Waals surface area (Å²) in [5.41, 5.74) is 4.21. The normalized spacial score (nSPS) is 22.9. The summed E-state index contributed by atoms with van der Waals surface area (Å²) in [6, 6.07) is 13.4. The molecule has 102 valence electrons. The Kier molecular flexibility index (Phi) is 2.25. The average molecular weight is 289 g/mol. The summed E-state index contributed by atoms with van der Waals surface area (Å²) in [7, 11) is 2.19. The van der Waals surface area contributed by atoms with Gasteiger partial charge in [-0.05, 0) is 11.6 Å². The minimum absolute atomic E-state index is 0.539. The van der Waals surface area contributed by atoms with Gasteiger partial charge in [-0.2, -0.15) is 0 Å². The summed E-state index contributed by atoms with van der Waals surface area (Å²) in [5.74, 6) is 0.539. The van der Waals surface area contributed by atoms with Crippen molar-refractivity contribution >= 4 is 33.6 Å². The van der Waals surface area contributed by atoms with E-state index in [9.17, 15) is 0 Å². The van der Waals surface area contributed by atoms with Crippen molar-refractivity contribution in [2.75, 3.05) is 0 Å². The molecule has 2 heterocycles. The molecule has 0 amide bonds. The van der Waals surface area contributed by atoms with Gasteiger partial charge in [0.2, 0.25) is 0 Å². The van der Waals surface area contributed by atoms with Crippen molar-refractivity contribution in [3.8, 4) is 0 Å². The molecular weight excluding hydrogens is 274 g/mol. The fraction of sp³-hybridized carbons (Fsp3) is 0.158. The van der Waals surface area contributed by atoms with E-state index in [0.717, 1.165) is 0 Å². The maximum Gasteiger partial charge on any atom is 0.0630 e. The Morgan fingerprint density at radius 3 is 2.76 bits per heavy atom. The molecule has 1 aromatic heterocycles.